The molecule has 0 aliphatic carbocycles. The normalized spacial score (nSPS) is 22.1. The average Bonchev–Trinajstić information content (AvgIpc) is 3.40. The molecule has 1 aromatic carbocycles. The Labute approximate surface area is 207 Å². The highest BCUT2D eigenvalue weighted by Gasteiger charge is 2.47. The molecule has 0 saturated carbocycles. The largest absolute Gasteiger partial charge is 0.493 e. The van der Waals surface area contributed by atoms with Crippen LogP contribution in [0, 0.1) is 5.92 Å². The minimum absolute atomic E-state index is 0.0710. The molecule has 1 amide bonds. The first kappa shape index (κ1) is 27.4. The van der Waals surface area contributed by atoms with Crippen LogP contribution in [-0.2, 0) is 26.0 Å². The standard InChI is InChI=1S/C24H38N4O6S/c1-3-4-11-27(12-9-25)22(29)16-28-15-19(17-5-6-21-18(14-17)8-13-34-21)23(24(30)31)20(28)7-10-26-35(2,32)33/h5-6,14,19-20,23,26H,3-4,7-13,15-16,25H2,1-2H3,(H,30,31)/t19-,20+,23-/m1/s1. The Morgan fingerprint density at radius 2 is 2.09 bits per heavy atom. The maximum absolute atomic E-state index is 13.2. The summed E-state index contributed by atoms with van der Waals surface area (Å²) in [6, 6.07) is 5.32. The molecule has 196 valence electrons. The summed E-state index contributed by atoms with van der Waals surface area (Å²) >= 11 is 0. The first-order valence-corrected chi connectivity index (χ1v) is 14.2. The van der Waals surface area contributed by atoms with Crippen molar-refractivity contribution in [2.24, 2.45) is 11.7 Å². The Morgan fingerprint density at radius 3 is 2.74 bits per heavy atom. The van der Waals surface area contributed by atoms with Crippen LogP contribution in [0.25, 0.3) is 0 Å². The number of carboxylic acids is 1. The molecule has 11 heteroatoms. The first-order valence-electron chi connectivity index (χ1n) is 12.3. The maximum atomic E-state index is 13.2. The summed E-state index contributed by atoms with van der Waals surface area (Å²) in [4.78, 5) is 29.3. The first-order chi connectivity index (χ1) is 16.6. The molecule has 2 aliphatic heterocycles. The zero-order valence-corrected chi connectivity index (χ0v) is 21.4. The molecule has 0 bridgehead atoms. The summed E-state index contributed by atoms with van der Waals surface area (Å²) in [5, 5.41) is 10.2. The van der Waals surface area contributed by atoms with Gasteiger partial charge in [-0.3, -0.25) is 14.5 Å². The number of ether oxygens (including phenoxy) is 1. The maximum Gasteiger partial charge on any atom is 0.308 e. The van der Waals surface area contributed by atoms with Crippen LogP contribution >= 0.6 is 0 Å². The van der Waals surface area contributed by atoms with Crippen molar-refractivity contribution < 1.29 is 27.9 Å². The number of aliphatic carboxylic acids is 1. The predicted molar refractivity (Wildman–Crippen MR) is 133 cm³/mol. The lowest BCUT2D eigenvalue weighted by Crippen LogP contribution is -2.46. The van der Waals surface area contributed by atoms with Gasteiger partial charge in [-0.05, 0) is 30.0 Å². The summed E-state index contributed by atoms with van der Waals surface area (Å²) in [7, 11) is -3.42. The highest BCUT2D eigenvalue weighted by Crippen LogP contribution is 2.40. The van der Waals surface area contributed by atoms with Gasteiger partial charge in [0, 0.05) is 51.1 Å². The fourth-order valence-corrected chi connectivity index (χ4v) is 5.65. The molecule has 3 atom stereocenters. The van der Waals surface area contributed by atoms with Gasteiger partial charge in [0.1, 0.15) is 5.75 Å². The van der Waals surface area contributed by atoms with Crippen molar-refractivity contribution in [3.8, 4) is 5.75 Å². The van der Waals surface area contributed by atoms with Gasteiger partial charge < -0.3 is 20.5 Å². The molecule has 35 heavy (non-hydrogen) atoms. The van der Waals surface area contributed by atoms with E-state index in [4.69, 9.17) is 10.5 Å². The molecule has 1 fully saturated rings. The van der Waals surface area contributed by atoms with E-state index in [1.807, 2.05) is 23.1 Å². The molecule has 0 aromatic heterocycles. The van der Waals surface area contributed by atoms with Gasteiger partial charge >= 0.3 is 5.97 Å². The number of carboxylic acid groups (broad SMARTS) is 1. The minimum atomic E-state index is -3.42. The zero-order chi connectivity index (χ0) is 25.6. The fourth-order valence-electron chi connectivity index (χ4n) is 5.16. The van der Waals surface area contributed by atoms with Crippen LogP contribution < -0.4 is 15.2 Å². The van der Waals surface area contributed by atoms with E-state index < -0.39 is 28.0 Å². The summed E-state index contributed by atoms with van der Waals surface area (Å²) in [6.07, 6.45) is 3.95. The Balaban J connectivity index is 1.86. The quantitative estimate of drug-likeness (QED) is 0.351. The number of carbonyl (C=O) groups is 2. The van der Waals surface area contributed by atoms with E-state index >= 15 is 0 Å². The molecule has 0 unspecified atom stereocenters. The lowest BCUT2D eigenvalue weighted by molar-refractivity contribution is -0.143. The number of nitrogens with one attached hydrogen (secondary N) is 1. The molecule has 2 aliphatic rings. The Bertz CT molecular complexity index is 1000. The number of nitrogens with two attached hydrogens (primary N) is 1. The van der Waals surface area contributed by atoms with Gasteiger partial charge in [0.15, 0.2) is 0 Å². The van der Waals surface area contributed by atoms with Crippen molar-refractivity contribution in [2.75, 3.05) is 52.1 Å². The van der Waals surface area contributed by atoms with E-state index in [0.717, 1.165) is 42.4 Å². The third kappa shape index (κ3) is 7.16. The van der Waals surface area contributed by atoms with Crippen LogP contribution in [-0.4, -0.2) is 93.4 Å². The SMILES string of the molecule is CCCCN(CCN)C(=O)CN1C[C@H](c2ccc3c(c2)CCO3)[C@@H](C(=O)O)[C@@H]1CCNS(C)(=O)=O. The van der Waals surface area contributed by atoms with Gasteiger partial charge in [0.2, 0.25) is 15.9 Å². The number of likely N-dealkylation sites (tertiary alicyclic amines) is 1. The zero-order valence-electron chi connectivity index (χ0n) is 20.6. The number of amides is 1. The third-order valence-corrected chi connectivity index (χ3v) is 7.58. The van der Waals surface area contributed by atoms with Gasteiger partial charge in [-0.1, -0.05) is 25.5 Å². The number of hydrogen-bond acceptors (Lipinski definition) is 7. The number of nitrogens with zero attached hydrogens (tertiary/aromatic N) is 2. The Hall–Kier alpha value is -2.21. The van der Waals surface area contributed by atoms with Crippen LogP contribution in [0.2, 0.25) is 0 Å². The molecule has 1 aromatic rings. The van der Waals surface area contributed by atoms with Gasteiger partial charge in [0.25, 0.3) is 0 Å². The van der Waals surface area contributed by atoms with Crippen molar-refractivity contribution in [1.82, 2.24) is 14.5 Å². The van der Waals surface area contributed by atoms with Gasteiger partial charge in [0.05, 0.1) is 25.3 Å². The topological polar surface area (TPSA) is 142 Å². The van der Waals surface area contributed by atoms with Crippen molar-refractivity contribution in [1.29, 1.82) is 0 Å². The lowest BCUT2D eigenvalue weighted by atomic mass is 9.83. The smallest absolute Gasteiger partial charge is 0.308 e. The number of hydrogen-bond donors (Lipinski definition) is 3. The second-order valence-corrected chi connectivity index (χ2v) is 11.2. The average molecular weight is 511 g/mol. The van der Waals surface area contributed by atoms with Crippen LogP contribution in [0.3, 0.4) is 0 Å². The van der Waals surface area contributed by atoms with E-state index in [2.05, 4.69) is 11.6 Å². The van der Waals surface area contributed by atoms with Crippen molar-refractivity contribution in [3.63, 3.8) is 0 Å². The summed E-state index contributed by atoms with van der Waals surface area (Å²) < 4.78 is 31.3. The minimum Gasteiger partial charge on any atom is -0.493 e. The van der Waals surface area contributed by atoms with E-state index in [9.17, 15) is 23.1 Å². The van der Waals surface area contributed by atoms with Gasteiger partial charge in [-0.2, -0.15) is 0 Å². The molecule has 2 heterocycles. The molecule has 1 saturated heterocycles. The number of carbonyl (C=O) groups excluding carboxylic acids is 1. The van der Waals surface area contributed by atoms with Gasteiger partial charge in [-0.25, -0.2) is 13.1 Å². The number of fused-ring (bicyclic) bond motifs is 1. The monoisotopic (exact) mass is 510 g/mol. The molecule has 3 rings (SSSR count). The molecule has 4 N–H and O–H groups in total. The molecular weight excluding hydrogens is 472 g/mol. The van der Waals surface area contributed by atoms with Crippen LogP contribution in [0.5, 0.6) is 5.75 Å². The molecule has 10 nitrogen and oxygen atoms in total. The Kier molecular flexibility index (Phi) is 9.51. The molecular formula is C24H38N4O6S. The summed E-state index contributed by atoms with van der Waals surface area (Å²) in [5.74, 6) is -1.31. The van der Waals surface area contributed by atoms with Crippen LogP contribution in [0.15, 0.2) is 18.2 Å². The lowest BCUT2D eigenvalue weighted by Gasteiger charge is -2.29. The number of unbranched alkanes of at least 4 members (excludes halogenated alkanes) is 1. The van der Waals surface area contributed by atoms with E-state index in [1.165, 1.54) is 0 Å². The number of benzene rings is 1. The van der Waals surface area contributed by atoms with Crippen LogP contribution in [0.4, 0.5) is 0 Å². The Morgan fingerprint density at radius 1 is 1.31 bits per heavy atom. The number of rotatable bonds is 13. The second kappa shape index (κ2) is 12.2. The van der Waals surface area contributed by atoms with Crippen LogP contribution in [0.1, 0.15) is 43.2 Å². The highest BCUT2D eigenvalue weighted by molar-refractivity contribution is 7.88. The van der Waals surface area contributed by atoms with Crippen molar-refractivity contribution >= 4 is 21.9 Å². The predicted octanol–water partition coefficient (Wildman–Crippen LogP) is 0.617. The summed E-state index contributed by atoms with van der Waals surface area (Å²) in [6.45, 7) is 4.65. The van der Waals surface area contributed by atoms with E-state index in [-0.39, 0.29) is 31.3 Å². The summed E-state index contributed by atoms with van der Waals surface area (Å²) in [5.41, 5.74) is 7.69. The molecule has 0 radical (unpaired) electrons. The third-order valence-electron chi connectivity index (χ3n) is 6.85. The van der Waals surface area contributed by atoms with Gasteiger partial charge in [-0.15, -0.1) is 0 Å². The van der Waals surface area contributed by atoms with Crippen molar-refractivity contribution in [2.45, 2.75) is 44.6 Å². The van der Waals surface area contributed by atoms with E-state index in [0.29, 0.717) is 32.8 Å². The second-order valence-electron chi connectivity index (χ2n) is 9.41. The molecule has 0 spiro atoms. The van der Waals surface area contributed by atoms with Crippen molar-refractivity contribution in [3.05, 3.63) is 29.3 Å². The number of sulfonamides is 1. The highest BCUT2D eigenvalue weighted by atomic mass is 32.2. The fraction of sp³-hybridized carbons (Fsp3) is 0.667. The van der Waals surface area contributed by atoms with E-state index in [1.54, 1.807) is 4.90 Å².